The minimum absolute atomic E-state index is 0.0664. The first kappa shape index (κ1) is 21.4. The van der Waals surface area contributed by atoms with Crippen molar-refractivity contribution in [2.45, 2.75) is 61.9 Å². The molecule has 1 aliphatic carbocycles. The molecule has 1 aromatic carbocycles. The van der Waals surface area contributed by atoms with Crippen molar-refractivity contribution in [2.24, 2.45) is 0 Å². The number of rotatable bonds is 4. The maximum Gasteiger partial charge on any atom is 0.321 e. The van der Waals surface area contributed by atoms with Crippen LogP contribution in [0.2, 0.25) is 0 Å². The van der Waals surface area contributed by atoms with E-state index in [1.54, 1.807) is 17.0 Å². The highest BCUT2D eigenvalue weighted by atomic mass is 32.2. The lowest BCUT2D eigenvalue weighted by Crippen LogP contribution is -2.51. The molecule has 160 valence electrons. The second-order valence-corrected chi connectivity index (χ2v) is 9.96. The van der Waals surface area contributed by atoms with E-state index in [1.165, 1.54) is 31.4 Å². The molecule has 8 nitrogen and oxygen atoms in total. The first-order valence-electron chi connectivity index (χ1n) is 10.2. The van der Waals surface area contributed by atoms with Crippen LogP contribution < -0.4 is 16.0 Å². The van der Waals surface area contributed by atoms with Gasteiger partial charge in [0.1, 0.15) is 0 Å². The number of piperidine rings is 1. The van der Waals surface area contributed by atoms with E-state index in [2.05, 4.69) is 16.0 Å². The summed E-state index contributed by atoms with van der Waals surface area (Å²) in [6.45, 7) is 1.11. The van der Waals surface area contributed by atoms with Gasteiger partial charge in [-0.25, -0.2) is 18.0 Å². The minimum Gasteiger partial charge on any atom is -0.335 e. The highest BCUT2D eigenvalue weighted by molar-refractivity contribution is 7.90. The van der Waals surface area contributed by atoms with Crippen LogP contribution in [0.5, 0.6) is 0 Å². The topological polar surface area (TPSA) is 108 Å². The van der Waals surface area contributed by atoms with Gasteiger partial charge in [-0.2, -0.15) is 0 Å². The predicted octanol–water partition coefficient (Wildman–Crippen LogP) is 2.72. The van der Waals surface area contributed by atoms with Crippen LogP contribution in [0.15, 0.2) is 29.2 Å². The number of amides is 4. The van der Waals surface area contributed by atoms with Gasteiger partial charge < -0.3 is 20.9 Å². The van der Waals surface area contributed by atoms with E-state index in [0.29, 0.717) is 31.6 Å². The van der Waals surface area contributed by atoms with E-state index in [4.69, 9.17) is 0 Å². The summed E-state index contributed by atoms with van der Waals surface area (Å²) in [5.74, 6) is 0. The van der Waals surface area contributed by atoms with Crippen molar-refractivity contribution in [3.05, 3.63) is 24.3 Å². The molecule has 4 amide bonds. The van der Waals surface area contributed by atoms with Gasteiger partial charge in [0.05, 0.1) is 4.90 Å². The van der Waals surface area contributed by atoms with E-state index < -0.39 is 9.84 Å². The number of carbonyl (C=O) groups excluding carboxylic acids is 2. The molecule has 0 spiro atoms. The van der Waals surface area contributed by atoms with Gasteiger partial charge in [-0.1, -0.05) is 19.3 Å². The third-order valence-electron chi connectivity index (χ3n) is 5.59. The Morgan fingerprint density at radius 3 is 2.00 bits per heavy atom. The van der Waals surface area contributed by atoms with Crippen LogP contribution >= 0.6 is 0 Å². The Labute approximate surface area is 172 Å². The number of carbonyl (C=O) groups is 2. The van der Waals surface area contributed by atoms with E-state index in [0.717, 1.165) is 19.1 Å². The Hall–Kier alpha value is -2.29. The smallest absolute Gasteiger partial charge is 0.321 e. The van der Waals surface area contributed by atoms with Gasteiger partial charge in [-0.05, 0) is 49.9 Å². The summed E-state index contributed by atoms with van der Waals surface area (Å²) in [7, 11) is -3.26. The molecule has 1 aliphatic heterocycles. The highest BCUT2D eigenvalue weighted by Gasteiger charge is 2.25. The molecule has 0 radical (unpaired) electrons. The second-order valence-electron chi connectivity index (χ2n) is 7.94. The number of nitrogens with zero attached hydrogens (tertiary/aromatic N) is 1. The average molecular weight is 423 g/mol. The summed E-state index contributed by atoms with van der Waals surface area (Å²) in [4.78, 5) is 26.5. The number of anilines is 1. The molecule has 0 aromatic heterocycles. The number of hydrogen-bond acceptors (Lipinski definition) is 4. The zero-order valence-electron chi connectivity index (χ0n) is 16.8. The van der Waals surface area contributed by atoms with E-state index >= 15 is 0 Å². The van der Waals surface area contributed by atoms with Crippen molar-refractivity contribution in [1.82, 2.24) is 15.5 Å². The molecule has 0 atom stereocenters. The summed E-state index contributed by atoms with van der Waals surface area (Å²) in [6.07, 6.45) is 8.27. The molecule has 1 saturated carbocycles. The zero-order valence-corrected chi connectivity index (χ0v) is 17.6. The Kier molecular flexibility index (Phi) is 7.00. The largest absolute Gasteiger partial charge is 0.335 e. The van der Waals surface area contributed by atoms with Gasteiger partial charge in [0.15, 0.2) is 9.84 Å². The van der Waals surface area contributed by atoms with Crippen LogP contribution in [-0.2, 0) is 9.84 Å². The summed E-state index contributed by atoms with van der Waals surface area (Å²) < 4.78 is 23.0. The maximum absolute atomic E-state index is 12.4. The third kappa shape index (κ3) is 6.35. The van der Waals surface area contributed by atoms with Crippen LogP contribution in [0.25, 0.3) is 0 Å². The second kappa shape index (κ2) is 9.47. The number of urea groups is 2. The average Bonchev–Trinajstić information content (AvgIpc) is 2.69. The predicted molar refractivity (Wildman–Crippen MR) is 112 cm³/mol. The van der Waals surface area contributed by atoms with Crippen LogP contribution in [0.3, 0.4) is 0 Å². The zero-order chi connectivity index (χ0) is 20.9. The standard InChI is InChI=1S/C20H30N4O4S/c1-29(27,28)18-9-7-16(8-10-18)23-20(26)24-13-11-17(12-14-24)22-19(25)21-15-5-3-2-4-6-15/h7-10,15,17H,2-6,11-14H2,1H3,(H,23,26)(H2,21,22,25). The molecule has 0 bridgehead atoms. The first-order valence-corrected chi connectivity index (χ1v) is 12.1. The number of hydrogen-bond donors (Lipinski definition) is 3. The Balaban J connectivity index is 1.41. The van der Waals surface area contributed by atoms with Crippen molar-refractivity contribution in [2.75, 3.05) is 24.7 Å². The fraction of sp³-hybridized carbons (Fsp3) is 0.600. The van der Waals surface area contributed by atoms with Gasteiger partial charge in [0.2, 0.25) is 0 Å². The van der Waals surface area contributed by atoms with E-state index in [1.807, 2.05) is 0 Å². The molecular formula is C20H30N4O4S. The van der Waals surface area contributed by atoms with Crippen LogP contribution in [0.4, 0.5) is 15.3 Å². The molecule has 9 heteroatoms. The SMILES string of the molecule is CS(=O)(=O)c1ccc(NC(=O)N2CCC(NC(=O)NC3CCCCC3)CC2)cc1. The Morgan fingerprint density at radius 1 is 0.897 bits per heavy atom. The molecular weight excluding hydrogens is 392 g/mol. The molecule has 29 heavy (non-hydrogen) atoms. The van der Waals surface area contributed by atoms with Crippen molar-refractivity contribution >= 4 is 27.6 Å². The van der Waals surface area contributed by atoms with Crippen molar-refractivity contribution in [3.8, 4) is 0 Å². The van der Waals surface area contributed by atoms with Crippen LogP contribution in [-0.4, -0.2) is 56.8 Å². The Morgan fingerprint density at radius 2 is 1.45 bits per heavy atom. The lowest BCUT2D eigenvalue weighted by Gasteiger charge is -2.33. The quantitative estimate of drug-likeness (QED) is 0.693. The molecule has 3 rings (SSSR count). The van der Waals surface area contributed by atoms with E-state index in [-0.39, 0.29) is 29.0 Å². The van der Waals surface area contributed by atoms with Crippen molar-refractivity contribution in [1.29, 1.82) is 0 Å². The highest BCUT2D eigenvalue weighted by Crippen LogP contribution is 2.18. The molecule has 0 unspecified atom stereocenters. The first-order chi connectivity index (χ1) is 13.8. The maximum atomic E-state index is 12.4. The third-order valence-corrected chi connectivity index (χ3v) is 6.72. The minimum atomic E-state index is -3.26. The van der Waals surface area contributed by atoms with Gasteiger partial charge in [0.25, 0.3) is 0 Å². The summed E-state index contributed by atoms with van der Waals surface area (Å²) in [5.41, 5.74) is 0.550. The summed E-state index contributed by atoms with van der Waals surface area (Å²) in [6, 6.07) is 6.14. The summed E-state index contributed by atoms with van der Waals surface area (Å²) in [5, 5.41) is 8.89. The molecule has 1 saturated heterocycles. The van der Waals surface area contributed by atoms with Crippen molar-refractivity contribution in [3.63, 3.8) is 0 Å². The van der Waals surface area contributed by atoms with Crippen LogP contribution in [0, 0.1) is 0 Å². The monoisotopic (exact) mass is 422 g/mol. The number of sulfone groups is 1. The number of benzene rings is 1. The number of likely N-dealkylation sites (tertiary alicyclic amines) is 1. The lowest BCUT2D eigenvalue weighted by molar-refractivity contribution is 0.186. The van der Waals surface area contributed by atoms with Gasteiger partial charge in [0, 0.05) is 37.1 Å². The van der Waals surface area contributed by atoms with Gasteiger partial charge in [-0.3, -0.25) is 0 Å². The van der Waals surface area contributed by atoms with E-state index in [9.17, 15) is 18.0 Å². The number of nitrogens with one attached hydrogen (secondary N) is 3. The molecule has 1 heterocycles. The molecule has 2 fully saturated rings. The fourth-order valence-electron chi connectivity index (χ4n) is 3.87. The van der Waals surface area contributed by atoms with Gasteiger partial charge in [-0.15, -0.1) is 0 Å². The molecule has 1 aromatic rings. The fourth-order valence-corrected chi connectivity index (χ4v) is 4.50. The molecule has 2 aliphatic rings. The van der Waals surface area contributed by atoms with Crippen molar-refractivity contribution < 1.29 is 18.0 Å². The molecule has 3 N–H and O–H groups in total. The van der Waals surface area contributed by atoms with Crippen LogP contribution in [0.1, 0.15) is 44.9 Å². The normalized spacial score (nSPS) is 18.9. The lowest BCUT2D eigenvalue weighted by atomic mass is 9.96. The summed E-state index contributed by atoms with van der Waals surface area (Å²) >= 11 is 0. The van der Waals surface area contributed by atoms with Gasteiger partial charge >= 0.3 is 12.1 Å². The Bertz CT molecular complexity index is 811.